The molecule has 0 bridgehead atoms. The number of likely N-dealkylation sites (N-methyl/N-ethyl adjacent to an activating group) is 1. The summed E-state index contributed by atoms with van der Waals surface area (Å²) in [6, 6.07) is 2.76. The Labute approximate surface area is 235 Å². The van der Waals surface area contributed by atoms with Crippen LogP contribution in [-0.2, 0) is 9.59 Å². The molecule has 1 saturated carbocycles. The van der Waals surface area contributed by atoms with Crippen LogP contribution in [0.2, 0.25) is 0 Å². The lowest BCUT2D eigenvalue weighted by atomic mass is 9.85. The third-order valence-corrected chi connectivity index (χ3v) is 7.32. The number of amides is 1. The van der Waals surface area contributed by atoms with Gasteiger partial charge in [0, 0.05) is 30.7 Å². The van der Waals surface area contributed by atoms with Crippen molar-refractivity contribution >= 4 is 28.5 Å². The van der Waals surface area contributed by atoms with Crippen LogP contribution in [0.25, 0.3) is 22.3 Å². The molecule has 2 heterocycles. The van der Waals surface area contributed by atoms with E-state index in [9.17, 15) is 27.2 Å². The number of ether oxygens (including phenoxy) is 1. The molecular formula is C28H25F5N6O3. The van der Waals surface area contributed by atoms with Gasteiger partial charge in [0.25, 0.3) is 5.91 Å². The van der Waals surface area contributed by atoms with Gasteiger partial charge in [0.05, 0.1) is 11.4 Å². The van der Waals surface area contributed by atoms with Crippen LogP contribution in [0, 0.1) is 35.0 Å². The van der Waals surface area contributed by atoms with Gasteiger partial charge in [0.2, 0.25) is 23.2 Å². The van der Waals surface area contributed by atoms with E-state index in [-0.39, 0.29) is 40.2 Å². The molecule has 2 atom stereocenters. The summed E-state index contributed by atoms with van der Waals surface area (Å²) in [5, 5.41) is 7.23. The molecular weight excluding hydrogens is 563 g/mol. The monoisotopic (exact) mass is 588 g/mol. The highest BCUT2D eigenvalue weighted by Crippen LogP contribution is 2.39. The van der Waals surface area contributed by atoms with Crippen LogP contribution in [0.15, 0.2) is 30.6 Å². The van der Waals surface area contributed by atoms with Crippen molar-refractivity contribution < 1.29 is 36.3 Å². The highest BCUT2D eigenvalue weighted by Gasteiger charge is 2.32. The van der Waals surface area contributed by atoms with Crippen molar-refractivity contribution in [3.8, 4) is 22.8 Å². The Bertz CT molecular complexity index is 1670. The van der Waals surface area contributed by atoms with Crippen LogP contribution in [0.4, 0.5) is 27.8 Å². The third kappa shape index (κ3) is 5.35. The van der Waals surface area contributed by atoms with Crippen molar-refractivity contribution in [3.05, 3.63) is 59.7 Å². The maximum Gasteiger partial charge on any atom is 0.287 e. The van der Waals surface area contributed by atoms with Crippen molar-refractivity contribution in [1.82, 2.24) is 25.1 Å². The molecule has 0 saturated heterocycles. The minimum Gasteiger partial charge on any atom is -0.451 e. The van der Waals surface area contributed by atoms with Gasteiger partial charge in [-0.15, -0.1) is 0 Å². The average Bonchev–Trinajstić information content (AvgIpc) is 3.34. The molecule has 4 aromatic rings. The number of nitrogens with zero attached hydrogens (tertiary/aromatic N) is 4. The molecule has 9 nitrogen and oxygen atoms in total. The molecule has 0 radical (unpaired) electrons. The molecule has 0 spiro atoms. The summed E-state index contributed by atoms with van der Waals surface area (Å²) < 4.78 is 77.4. The van der Waals surface area contributed by atoms with Crippen molar-refractivity contribution in [3.63, 3.8) is 0 Å². The number of ketones is 1. The minimum absolute atomic E-state index is 0.00388. The molecule has 14 heteroatoms. The fourth-order valence-electron chi connectivity index (χ4n) is 5.23. The topological polar surface area (TPSA) is 125 Å². The summed E-state index contributed by atoms with van der Waals surface area (Å²) in [5.41, 5.74) is 6.40. The summed E-state index contributed by atoms with van der Waals surface area (Å²) >= 11 is 0. The van der Waals surface area contributed by atoms with Gasteiger partial charge in [-0.25, -0.2) is 27.8 Å². The minimum atomic E-state index is -1.78. The number of aromatic nitrogens is 4. The lowest BCUT2D eigenvalue weighted by Crippen LogP contribution is -2.34. The van der Waals surface area contributed by atoms with Crippen LogP contribution in [0.5, 0.6) is 11.5 Å². The molecule has 2 unspecified atom stereocenters. The molecule has 1 amide bonds. The van der Waals surface area contributed by atoms with E-state index in [0.29, 0.717) is 19.3 Å². The maximum atomic E-state index is 15.5. The number of hydrogen-bond acceptors (Lipinski definition) is 7. The summed E-state index contributed by atoms with van der Waals surface area (Å²) in [4.78, 5) is 33.2. The Morgan fingerprint density at radius 1 is 0.976 bits per heavy atom. The number of halogens is 5. The lowest BCUT2D eigenvalue weighted by molar-refractivity contribution is -0.140. The summed E-state index contributed by atoms with van der Waals surface area (Å²) in [5.74, 6) is -11.4. The second kappa shape index (κ2) is 11.7. The predicted octanol–water partition coefficient (Wildman–Crippen LogP) is 5.39. The zero-order valence-electron chi connectivity index (χ0n) is 22.3. The fourth-order valence-corrected chi connectivity index (χ4v) is 5.23. The number of hydrogen-bond donors (Lipinski definition) is 2. The molecule has 1 aliphatic carbocycles. The standard InChI is InChI=1S/C28H25F5N6O3/c1-35-28(41)24(40)13-5-3-2-4-6-14(9-13)39-27-20(26(34)36-12-37-27)23(38-39)16-8-7-15(10-17(16)29)42-25-21(32)18(30)11-19(31)22(25)33/h7-8,10-14H,2-6,9H2,1H3,(H,35,41)(H2,34,36,37). The van der Waals surface area contributed by atoms with Crippen molar-refractivity contribution in [1.29, 1.82) is 0 Å². The Morgan fingerprint density at radius 2 is 1.69 bits per heavy atom. The number of nitrogen functional groups attached to an aromatic ring is 1. The quantitative estimate of drug-likeness (QED) is 0.176. The second-order valence-corrected chi connectivity index (χ2v) is 9.96. The van der Waals surface area contributed by atoms with E-state index in [1.165, 1.54) is 19.4 Å². The number of rotatable bonds is 6. The Morgan fingerprint density at radius 3 is 2.38 bits per heavy atom. The first-order valence-electron chi connectivity index (χ1n) is 13.2. The number of carbonyl (C=O) groups is 2. The molecule has 1 fully saturated rings. The van der Waals surface area contributed by atoms with Crippen molar-refractivity contribution in [2.75, 3.05) is 12.8 Å². The fraction of sp³-hybridized carbons (Fsp3) is 0.321. The molecule has 3 N–H and O–H groups in total. The van der Waals surface area contributed by atoms with Gasteiger partial charge in [-0.2, -0.15) is 13.9 Å². The maximum absolute atomic E-state index is 15.5. The molecule has 220 valence electrons. The van der Waals surface area contributed by atoms with E-state index in [1.54, 1.807) is 4.68 Å². The van der Waals surface area contributed by atoms with Gasteiger partial charge in [-0.05, 0) is 31.4 Å². The smallest absolute Gasteiger partial charge is 0.287 e. The van der Waals surface area contributed by atoms with Crippen LogP contribution in [-0.4, -0.2) is 38.5 Å². The Hall–Kier alpha value is -4.62. The van der Waals surface area contributed by atoms with Gasteiger partial charge in [-0.1, -0.05) is 19.3 Å². The number of nitrogens with two attached hydrogens (primary N) is 1. The SMILES string of the molecule is CNC(=O)C(=O)C1CCCCCC(n2nc(-c3ccc(Oc4c(F)c(F)cc(F)c4F)cc3F)c3c(N)ncnc32)C1. The van der Waals surface area contributed by atoms with Crippen LogP contribution < -0.4 is 15.8 Å². The lowest BCUT2D eigenvalue weighted by Gasteiger charge is -2.25. The highest BCUT2D eigenvalue weighted by atomic mass is 19.2. The normalized spacial score (nSPS) is 17.5. The van der Waals surface area contributed by atoms with Crippen LogP contribution in [0.1, 0.15) is 44.6 Å². The molecule has 2 aromatic heterocycles. The number of anilines is 1. The average molecular weight is 589 g/mol. The van der Waals surface area contributed by atoms with Crippen molar-refractivity contribution in [2.24, 2.45) is 5.92 Å². The first kappa shape index (κ1) is 28.9. The summed E-state index contributed by atoms with van der Waals surface area (Å²) in [6.07, 6.45) is 5.09. The number of benzene rings is 2. The second-order valence-electron chi connectivity index (χ2n) is 9.96. The summed E-state index contributed by atoms with van der Waals surface area (Å²) in [6.45, 7) is 0. The van der Waals surface area contributed by atoms with Gasteiger partial charge >= 0.3 is 0 Å². The predicted molar refractivity (Wildman–Crippen MR) is 141 cm³/mol. The first-order chi connectivity index (χ1) is 20.1. The zero-order chi connectivity index (χ0) is 30.1. The number of nitrogens with one attached hydrogen (secondary N) is 1. The Balaban J connectivity index is 1.54. The first-order valence-corrected chi connectivity index (χ1v) is 13.2. The molecule has 42 heavy (non-hydrogen) atoms. The van der Waals surface area contributed by atoms with Crippen LogP contribution >= 0.6 is 0 Å². The highest BCUT2D eigenvalue weighted by molar-refractivity contribution is 6.36. The third-order valence-electron chi connectivity index (χ3n) is 7.32. The van der Waals surface area contributed by atoms with E-state index in [2.05, 4.69) is 20.4 Å². The van der Waals surface area contributed by atoms with Gasteiger partial charge < -0.3 is 15.8 Å². The van der Waals surface area contributed by atoms with E-state index < -0.39 is 58.2 Å². The van der Waals surface area contributed by atoms with Crippen LogP contribution in [0.3, 0.4) is 0 Å². The van der Waals surface area contributed by atoms with Crippen molar-refractivity contribution in [2.45, 2.75) is 44.6 Å². The van der Waals surface area contributed by atoms with E-state index >= 15 is 4.39 Å². The summed E-state index contributed by atoms with van der Waals surface area (Å²) in [7, 11) is 1.39. The number of fused-ring (bicyclic) bond motifs is 1. The zero-order valence-corrected chi connectivity index (χ0v) is 22.3. The van der Waals surface area contributed by atoms with Gasteiger partial charge in [0.15, 0.2) is 17.3 Å². The molecule has 2 aromatic carbocycles. The number of Topliss-reactive ketones (excluding diaryl/α,β-unsaturated/α-hetero) is 1. The van der Waals surface area contributed by atoms with E-state index in [0.717, 1.165) is 31.4 Å². The number of carbonyl (C=O) groups excluding carboxylic acids is 2. The van der Waals surface area contributed by atoms with E-state index in [4.69, 9.17) is 10.5 Å². The molecule has 1 aliphatic rings. The molecule has 5 rings (SSSR count). The van der Waals surface area contributed by atoms with Gasteiger partial charge in [-0.3, -0.25) is 9.59 Å². The largest absolute Gasteiger partial charge is 0.451 e. The Kier molecular flexibility index (Phi) is 8.05. The van der Waals surface area contributed by atoms with E-state index in [1.807, 2.05) is 0 Å². The van der Waals surface area contributed by atoms with Gasteiger partial charge in [0.1, 0.15) is 29.4 Å². The molecule has 0 aliphatic heterocycles.